The SMILES string of the molecule is CC(C)CC(C#N)NC(=O)C1CCCCC1NC(=O)c1cc2c(Cl)cc(Cl)cc2[nH]1. The summed E-state index contributed by atoms with van der Waals surface area (Å²) < 4.78 is 0. The van der Waals surface area contributed by atoms with Gasteiger partial charge < -0.3 is 15.6 Å². The molecule has 3 rings (SSSR count). The monoisotopic (exact) mass is 448 g/mol. The number of carbonyl (C=O) groups excluding carboxylic acids is 2. The first-order valence-electron chi connectivity index (χ1n) is 10.3. The summed E-state index contributed by atoms with van der Waals surface area (Å²) in [5.74, 6) is -0.506. The summed E-state index contributed by atoms with van der Waals surface area (Å²) in [6, 6.07) is 6.40. The maximum atomic E-state index is 12.9. The first-order valence-corrected chi connectivity index (χ1v) is 11.0. The Morgan fingerprint density at radius 1 is 1.23 bits per heavy atom. The lowest BCUT2D eigenvalue weighted by Crippen LogP contribution is -2.50. The minimum Gasteiger partial charge on any atom is -0.350 e. The third kappa shape index (κ3) is 5.27. The van der Waals surface area contributed by atoms with Crippen molar-refractivity contribution in [2.75, 3.05) is 0 Å². The van der Waals surface area contributed by atoms with E-state index in [2.05, 4.69) is 21.7 Å². The number of nitrogens with one attached hydrogen (secondary N) is 3. The van der Waals surface area contributed by atoms with Crippen LogP contribution in [0.4, 0.5) is 0 Å². The summed E-state index contributed by atoms with van der Waals surface area (Å²) in [7, 11) is 0. The third-order valence-electron chi connectivity index (χ3n) is 5.50. The lowest BCUT2D eigenvalue weighted by Gasteiger charge is -2.31. The molecule has 2 aromatic rings. The zero-order valence-electron chi connectivity index (χ0n) is 17.1. The molecule has 160 valence electrons. The van der Waals surface area contributed by atoms with Crippen molar-refractivity contribution < 1.29 is 9.59 Å². The number of amides is 2. The lowest BCUT2D eigenvalue weighted by atomic mass is 9.83. The molecule has 8 heteroatoms. The van der Waals surface area contributed by atoms with Crippen molar-refractivity contribution in [3.8, 4) is 6.07 Å². The second kappa shape index (κ2) is 9.72. The van der Waals surface area contributed by atoms with Gasteiger partial charge in [-0.2, -0.15) is 5.26 Å². The summed E-state index contributed by atoms with van der Waals surface area (Å²) in [5, 5.41) is 16.9. The van der Waals surface area contributed by atoms with Crippen LogP contribution in [0.1, 0.15) is 56.4 Å². The van der Waals surface area contributed by atoms with E-state index >= 15 is 0 Å². The molecule has 3 atom stereocenters. The first kappa shape index (κ1) is 22.5. The van der Waals surface area contributed by atoms with Gasteiger partial charge in [-0.1, -0.05) is 49.9 Å². The van der Waals surface area contributed by atoms with Gasteiger partial charge in [-0.05, 0) is 43.4 Å². The zero-order valence-corrected chi connectivity index (χ0v) is 18.6. The molecule has 1 heterocycles. The first-order chi connectivity index (χ1) is 14.3. The number of aromatic nitrogens is 1. The van der Waals surface area contributed by atoms with Crippen molar-refractivity contribution in [3.63, 3.8) is 0 Å². The molecule has 1 aliphatic carbocycles. The highest BCUT2D eigenvalue weighted by molar-refractivity contribution is 6.38. The minimum atomic E-state index is -0.517. The fourth-order valence-corrected chi connectivity index (χ4v) is 4.59. The maximum absolute atomic E-state index is 12.9. The summed E-state index contributed by atoms with van der Waals surface area (Å²) in [6.07, 6.45) is 3.87. The van der Waals surface area contributed by atoms with Gasteiger partial charge >= 0.3 is 0 Å². The van der Waals surface area contributed by atoms with E-state index in [-0.39, 0.29) is 23.8 Å². The molecule has 0 saturated heterocycles. The normalized spacial score (nSPS) is 20.0. The highest BCUT2D eigenvalue weighted by atomic mass is 35.5. The van der Waals surface area contributed by atoms with Crippen LogP contribution in [0.2, 0.25) is 10.0 Å². The molecule has 0 spiro atoms. The third-order valence-corrected chi connectivity index (χ3v) is 6.03. The quantitative estimate of drug-likeness (QED) is 0.590. The Kier molecular flexibility index (Phi) is 7.27. The van der Waals surface area contributed by atoms with E-state index in [0.29, 0.717) is 40.0 Å². The Balaban J connectivity index is 1.72. The van der Waals surface area contributed by atoms with Gasteiger partial charge in [0.25, 0.3) is 5.91 Å². The Bertz CT molecular complexity index is 979. The molecule has 3 N–H and O–H groups in total. The maximum Gasteiger partial charge on any atom is 0.267 e. The van der Waals surface area contributed by atoms with Crippen LogP contribution >= 0.6 is 23.2 Å². The largest absolute Gasteiger partial charge is 0.350 e. The molecular formula is C22H26Cl2N4O2. The molecule has 1 aromatic carbocycles. The number of fused-ring (bicyclic) bond motifs is 1. The summed E-state index contributed by atoms with van der Waals surface area (Å²) >= 11 is 12.3. The van der Waals surface area contributed by atoms with Crippen LogP contribution in [-0.4, -0.2) is 28.9 Å². The summed E-state index contributed by atoms with van der Waals surface area (Å²) in [4.78, 5) is 28.8. The molecule has 30 heavy (non-hydrogen) atoms. The molecule has 6 nitrogen and oxygen atoms in total. The van der Waals surface area contributed by atoms with Crippen molar-refractivity contribution in [2.45, 2.75) is 58.0 Å². The number of aromatic amines is 1. The van der Waals surface area contributed by atoms with Gasteiger partial charge in [0.2, 0.25) is 5.91 Å². The number of hydrogen-bond donors (Lipinski definition) is 3. The number of H-pyrrole nitrogens is 1. The van der Waals surface area contributed by atoms with E-state index in [9.17, 15) is 14.9 Å². The number of nitriles is 1. The molecule has 0 aliphatic heterocycles. The fourth-order valence-electron chi connectivity index (χ4n) is 4.04. The van der Waals surface area contributed by atoms with E-state index in [1.165, 1.54) is 0 Å². The van der Waals surface area contributed by atoms with Crippen LogP contribution in [0.25, 0.3) is 10.9 Å². The fraction of sp³-hybridized carbons (Fsp3) is 0.500. The molecule has 0 radical (unpaired) electrons. The minimum absolute atomic E-state index is 0.168. The predicted molar refractivity (Wildman–Crippen MR) is 119 cm³/mol. The van der Waals surface area contributed by atoms with Gasteiger partial charge in [0.1, 0.15) is 11.7 Å². The second-order valence-electron chi connectivity index (χ2n) is 8.32. The predicted octanol–water partition coefficient (Wildman–Crippen LogP) is 4.82. The molecule has 1 aliphatic rings. The zero-order chi connectivity index (χ0) is 21.8. The standard InChI is InChI=1S/C22H26Cl2N4O2/c1-12(2)7-14(11-25)26-21(29)15-5-3-4-6-18(15)28-22(30)20-10-16-17(24)8-13(23)9-19(16)27-20/h8-10,12,14-15,18,27H,3-7H2,1-2H3,(H,26,29)(H,28,30). The molecule has 1 aromatic heterocycles. The van der Waals surface area contributed by atoms with Crippen molar-refractivity contribution in [1.29, 1.82) is 5.26 Å². The van der Waals surface area contributed by atoms with Crippen molar-refractivity contribution >= 4 is 45.9 Å². The Morgan fingerprint density at radius 2 is 1.97 bits per heavy atom. The van der Waals surface area contributed by atoms with E-state index in [1.54, 1.807) is 18.2 Å². The average Bonchev–Trinajstić information content (AvgIpc) is 3.12. The van der Waals surface area contributed by atoms with Crippen LogP contribution < -0.4 is 10.6 Å². The van der Waals surface area contributed by atoms with E-state index in [4.69, 9.17) is 23.2 Å². The van der Waals surface area contributed by atoms with Gasteiger partial charge in [0.05, 0.1) is 17.0 Å². The molecule has 1 saturated carbocycles. The molecule has 1 fully saturated rings. The van der Waals surface area contributed by atoms with Crippen molar-refractivity contribution in [1.82, 2.24) is 15.6 Å². The van der Waals surface area contributed by atoms with E-state index < -0.39 is 6.04 Å². The Hall–Kier alpha value is -2.23. The van der Waals surface area contributed by atoms with E-state index in [1.807, 2.05) is 13.8 Å². The highest BCUT2D eigenvalue weighted by Gasteiger charge is 2.33. The van der Waals surface area contributed by atoms with Crippen molar-refractivity contribution in [3.05, 3.63) is 33.9 Å². The molecule has 2 amide bonds. The highest BCUT2D eigenvalue weighted by Crippen LogP contribution is 2.29. The van der Waals surface area contributed by atoms with Gasteiger partial charge in [0, 0.05) is 22.0 Å². The topological polar surface area (TPSA) is 97.8 Å². The Labute approximate surface area is 186 Å². The van der Waals surface area contributed by atoms with Crippen LogP contribution in [-0.2, 0) is 4.79 Å². The average molecular weight is 449 g/mol. The van der Waals surface area contributed by atoms with Crippen LogP contribution in [0.3, 0.4) is 0 Å². The number of benzene rings is 1. The number of hydrogen-bond acceptors (Lipinski definition) is 3. The number of nitrogens with zero attached hydrogens (tertiary/aromatic N) is 1. The number of halogens is 2. The second-order valence-corrected chi connectivity index (χ2v) is 9.17. The number of carbonyl (C=O) groups is 2. The smallest absolute Gasteiger partial charge is 0.267 e. The summed E-state index contributed by atoms with van der Waals surface area (Å²) in [6.45, 7) is 4.03. The van der Waals surface area contributed by atoms with Crippen molar-refractivity contribution in [2.24, 2.45) is 11.8 Å². The van der Waals surface area contributed by atoms with E-state index in [0.717, 1.165) is 24.6 Å². The van der Waals surface area contributed by atoms with Crippen LogP contribution in [0.5, 0.6) is 0 Å². The van der Waals surface area contributed by atoms with Gasteiger partial charge in [-0.25, -0.2) is 0 Å². The number of rotatable bonds is 6. The summed E-state index contributed by atoms with van der Waals surface area (Å²) in [5.41, 5.74) is 1.05. The van der Waals surface area contributed by atoms with Gasteiger partial charge in [0.15, 0.2) is 0 Å². The lowest BCUT2D eigenvalue weighted by molar-refractivity contribution is -0.127. The molecule has 3 unspecified atom stereocenters. The Morgan fingerprint density at radius 3 is 2.67 bits per heavy atom. The molecule has 0 bridgehead atoms. The van der Waals surface area contributed by atoms with Crippen LogP contribution in [0, 0.1) is 23.2 Å². The molecular weight excluding hydrogens is 423 g/mol. The van der Waals surface area contributed by atoms with Gasteiger partial charge in [-0.3, -0.25) is 9.59 Å². The van der Waals surface area contributed by atoms with Crippen LogP contribution in [0.15, 0.2) is 18.2 Å². The van der Waals surface area contributed by atoms with Gasteiger partial charge in [-0.15, -0.1) is 0 Å².